The van der Waals surface area contributed by atoms with E-state index < -0.39 is 0 Å². The van der Waals surface area contributed by atoms with E-state index >= 15 is 0 Å². The van der Waals surface area contributed by atoms with Crippen LogP contribution in [0.5, 0.6) is 0 Å². The Morgan fingerprint density at radius 1 is 1.04 bits per heavy atom. The maximum atomic E-state index is 11.3. The van der Waals surface area contributed by atoms with Gasteiger partial charge in [-0.25, -0.2) is 9.97 Å². The van der Waals surface area contributed by atoms with Gasteiger partial charge in [-0.2, -0.15) is 15.0 Å². The largest absolute Gasteiger partial charge is 0.382 e. The topological polar surface area (TPSA) is 191 Å². The van der Waals surface area contributed by atoms with Crippen molar-refractivity contribution in [2.45, 2.75) is 13.8 Å². The highest BCUT2D eigenvalue weighted by atomic mass is 16.1. The van der Waals surface area contributed by atoms with Crippen LogP contribution in [0.2, 0.25) is 0 Å². The third-order valence-electron chi connectivity index (χ3n) is 3.33. The van der Waals surface area contributed by atoms with E-state index in [9.17, 15) is 4.79 Å². The molecule has 11 heteroatoms. The van der Waals surface area contributed by atoms with Crippen molar-refractivity contribution in [1.82, 2.24) is 34.9 Å². The molecule has 0 spiro atoms. The molecule has 4 aromatic heterocycles. The average Bonchev–Trinajstić information content (AvgIpc) is 2.90. The van der Waals surface area contributed by atoms with Gasteiger partial charge in [0.2, 0.25) is 11.9 Å². The van der Waals surface area contributed by atoms with Crippen LogP contribution in [0, 0.1) is 13.8 Å². The van der Waals surface area contributed by atoms with Gasteiger partial charge in [0.1, 0.15) is 5.65 Å². The number of aromatic amines is 2. The fraction of sp³-hybridized carbons (Fsp3) is 0.143. The van der Waals surface area contributed by atoms with E-state index in [-0.39, 0.29) is 23.3 Å². The normalized spacial score (nSPS) is 10.6. The van der Waals surface area contributed by atoms with Crippen molar-refractivity contribution < 1.29 is 0 Å². The van der Waals surface area contributed by atoms with Crippen LogP contribution in [-0.4, -0.2) is 34.9 Å². The summed E-state index contributed by atoms with van der Waals surface area (Å²) < 4.78 is 0. The number of hydrogen-bond donors (Lipinski definition) is 5. The Morgan fingerprint density at radius 3 is 2.56 bits per heavy atom. The molecule has 0 saturated carbocycles. The summed E-state index contributed by atoms with van der Waals surface area (Å²) in [6.07, 6.45) is 3.33. The van der Waals surface area contributed by atoms with Gasteiger partial charge in [0, 0.05) is 6.20 Å². The maximum Gasteiger partial charge on any atom is 0.262 e. The summed E-state index contributed by atoms with van der Waals surface area (Å²) in [5, 5.41) is 0.573. The molecule has 11 nitrogen and oxygen atoms in total. The van der Waals surface area contributed by atoms with Crippen molar-refractivity contribution >= 4 is 39.9 Å². The summed E-state index contributed by atoms with van der Waals surface area (Å²) in [6, 6.07) is 0. The summed E-state index contributed by atoms with van der Waals surface area (Å²) in [6.45, 7) is 3.66. The predicted octanol–water partition coefficient (Wildman–Crippen LogP) is 0.0344. The number of nitrogens with zero attached hydrogens (tertiary/aromatic N) is 5. The van der Waals surface area contributed by atoms with Crippen LogP contribution in [0.15, 0.2) is 17.2 Å². The molecule has 0 unspecified atom stereocenters. The molecular formula is C14H16N10O. The lowest BCUT2D eigenvalue weighted by Gasteiger charge is -2.00. The maximum absolute atomic E-state index is 11.3. The quantitative estimate of drug-likeness (QED) is 0.294. The Kier molecular flexibility index (Phi) is 3.89. The molecule has 0 amide bonds. The molecule has 4 rings (SSSR count). The lowest BCUT2D eigenvalue weighted by Crippen LogP contribution is -2.10. The van der Waals surface area contributed by atoms with E-state index in [1.54, 1.807) is 12.4 Å². The van der Waals surface area contributed by atoms with Crippen LogP contribution < -0.4 is 22.8 Å². The highest BCUT2D eigenvalue weighted by Gasteiger charge is 2.06. The second kappa shape index (κ2) is 6.03. The van der Waals surface area contributed by atoms with Crippen LogP contribution in [0.25, 0.3) is 22.2 Å². The molecule has 0 saturated heterocycles. The summed E-state index contributed by atoms with van der Waals surface area (Å²) in [5.74, 6) is 0.510. The first-order chi connectivity index (χ1) is 11.8. The van der Waals surface area contributed by atoms with Crippen LogP contribution in [0.4, 0.5) is 17.7 Å². The van der Waals surface area contributed by atoms with Crippen molar-refractivity contribution in [2.75, 3.05) is 17.2 Å². The van der Waals surface area contributed by atoms with Gasteiger partial charge in [0.15, 0.2) is 17.0 Å². The first-order valence-electron chi connectivity index (χ1n) is 7.21. The van der Waals surface area contributed by atoms with Crippen molar-refractivity contribution in [1.29, 1.82) is 0 Å². The number of rotatable bonds is 0. The van der Waals surface area contributed by atoms with Crippen molar-refractivity contribution in [3.8, 4) is 0 Å². The average molecular weight is 340 g/mol. The number of nitrogens with one attached hydrogen (secondary N) is 2. The fourth-order valence-corrected chi connectivity index (χ4v) is 2.24. The molecule has 0 atom stereocenters. The van der Waals surface area contributed by atoms with Gasteiger partial charge in [-0.05, 0) is 19.4 Å². The lowest BCUT2D eigenvalue weighted by atomic mass is 10.3. The molecule has 0 aliphatic heterocycles. The highest BCUT2D eigenvalue weighted by molar-refractivity contribution is 5.81. The summed E-state index contributed by atoms with van der Waals surface area (Å²) >= 11 is 0. The molecule has 4 heterocycles. The summed E-state index contributed by atoms with van der Waals surface area (Å²) in [4.78, 5) is 36.4. The molecule has 4 aromatic rings. The lowest BCUT2D eigenvalue weighted by molar-refractivity contribution is 1.12. The van der Waals surface area contributed by atoms with E-state index in [2.05, 4.69) is 34.9 Å². The fourth-order valence-electron chi connectivity index (χ4n) is 2.24. The molecule has 0 bridgehead atoms. The SMILES string of the molecule is Cc1c[nH]c2nc(N)[nH]c(=O)c12.Cc1cnc2nc(N)nc(N)c2n1. The second-order valence-electron chi connectivity index (χ2n) is 5.30. The van der Waals surface area contributed by atoms with Gasteiger partial charge in [0.25, 0.3) is 5.56 Å². The minimum atomic E-state index is -0.198. The minimum absolute atomic E-state index is 0.114. The molecule has 0 aliphatic carbocycles. The zero-order valence-corrected chi connectivity index (χ0v) is 13.5. The molecule has 0 fully saturated rings. The number of aryl methyl sites for hydroxylation is 2. The molecule has 25 heavy (non-hydrogen) atoms. The number of anilines is 3. The van der Waals surface area contributed by atoms with Crippen LogP contribution in [-0.2, 0) is 0 Å². The first-order valence-corrected chi connectivity index (χ1v) is 7.21. The molecular weight excluding hydrogens is 324 g/mol. The molecule has 0 aliphatic rings. The van der Waals surface area contributed by atoms with E-state index in [0.717, 1.165) is 11.3 Å². The Labute approximate surface area is 140 Å². The smallest absolute Gasteiger partial charge is 0.262 e. The van der Waals surface area contributed by atoms with E-state index in [0.29, 0.717) is 22.2 Å². The van der Waals surface area contributed by atoms with Gasteiger partial charge in [-0.15, -0.1) is 0 Å². The van der Waals surface area contributed by atoms with Crippen LogP contribution in [0.3, 0.4) is 0 Å². The van der Waals surface area contributed by atoms with Gasteiger partial charge in [-0.3, -0.25) is 9.78 Å². The Hall–Kier alpha value is -3.76. The van der Waals surface area contributed by atoms with Crippen LogP contribution in [0.1, 0.15) is 11.3 Å². The number of fused-ring (bicyclic) bond motifs is 2. The Bertz CT molecular complexity index is 1130. The first kappa shape index (κ1) is 16.1. The Morgan fingerprint density at radius 2 is 1.80 bits per heavy atom. The highest BCUT2D eigenvalue weighted by Crippen LogP contribution is 2.13. The number of nitrogen functional groups attached to an aromatic ring is 3. The third-order valence-corrected chi connectivity index (χ3v) is 3.33. The van der Waals surface area contributed by atoms with Gasteiger partial charge in [-0.1, -0.05) is 0 Å². The minimum Gasteiger partial charge on any atom is -0.382 e. The Balaban J connectivity index is 0.000000146. The third kappa shape index (κ3) is 3.15. The molecule has 0 aromatic carbocycles. The van der Waals surface area contributed by atoms with Crippen molar-refractivity contribution in [3.05, 3.63) is 34.0 Å². The van der Waals surface area contributed by atoms with Crippen LogP contribution >= 0.6 is 0 Å². The number of H-pyrrole nitrogens is 2. The van der Waals surface area contributed by atoms with Gasteiger partial charge in [0.05, 0.1) is 17.3 Å². The molecule has 0 radical (unpaired) electrons. The monoisotopic (exact) mass is 340 g/mol. The summed E-state index contributed by atoms with van der Waals surface area (Å²) in [7, 11) is 0. The summed E-state index contributed by atoms with van der Waals surface area (Å²) in [5.41, 5.74) is 19.2. The van der Waals surface area contributed by atoms with Gasteiger partial charge >= 0.3 is 0 Å². The standard InChI is InChI=1S/C7H8N6.C7H8N4O/c1-3-2-10-6-4(11-3)5(8)12-7(9)13-6;1-3-2-9-5-4(3)6(12)11-7(8)10-5/h2H,1H3,(H4,8,9,10,12,13);2H,1H3,(H4,8,9,10,11,12). The zero-order chi connectivity index (χ0) is 18.1. The molecule has 128 valence electrons. The van der Waals surface area contributed by atoms with Crippen molar-refractivity contribution in [2.24, 2.45) is 0 Å². The molecule has 8 N–H and O–H groups in total. The van der Waals surface area contributed by atoms with E-state index in [1.807, 2.05) is 13.8 Å². The number of aromatic nitrogens is 7. The van der Waals surface area contributed by atoms with Gasteiger partial charge < -0.3 is 22.2 Å². The predicted molar refractivity (Wildman–Crippen MR) is 94.6 cm³/mol. The van der Waals surface area contributed by atoms with Crippen molar-refractivity contribution in [3.63, 3.8) is 0 Å². The van der Waals surface area contributed by atoms with E-state index in [4.69, 9.17) is 17.2 Å². The van der Waals surface area contributed by atoms with E-state index in [1.165, 1.54) is 0 Å². The number of hydrogen-bond acceptors (Lipinski definition) is 9. The zero-order valence-electron chi connectivity index (χ0n) is 13.5. The second-order valence-corrected chi connectivity index (χ2v) is 5.30. The number of nitrogens with two attached hydrogens (primary N) is 3.